The van der Waals surface area contributed by atoms with Crippen molar-refractivity contribution in [3.05, 3.63) is 34.9 Å². The van der Waals surface area contributed by atoms with Crippen LogP contribution in [-0.4, -0.2) is 55.2 Å². The van der Waals surface area contributed by atoms with Crippen LogP contribution in [0, 0.1) is 0 Å². The van der Waals surface area contributed by atoms with Gasteiger partial charge in [0.05, 0.1) is 6.54 Å². The molecule has 0 radical (unpaired) electrons. The second-order valence-electron chi connectivity index (χ2n) is 6.32. The van der Waals surface area contributed by atoms with E-state index in [1.165, 1.54) is 5.56 Å². The number of carbonyl (C=O) groups is 1. The van der Waals surface area contributed by atoms with E-state index in [0.29, 0.717) is 13.0 Å². The molecule has 0 bridgehead atoms. The first-order valence-electron chi connectivity index (χ1n) is 9.18. The predicted octanol–water partition coefficient (Wildman–Crippen LogP) is 3.31. The summed E-state index contributed by atoms with van der Waals surface area (Å²) in [6.07, 6.45) is 3.61. The summed E-state index contributed by atoms with van der Waals surface area (Å²) in [5.41, 5.74) is 1.19. The lowest BCUT2D eigenvalue weighted by Crippen LogP contribution is -2.45. The summed E-state index contributed by atoms with van der Waals surface area (Å²) in [6, 6.07) is 8.21. The van der Waals surface area contributed by atoms with Crippen LogP contribution in [0.3, 0.4) is 0 Å². The zero-order valence-electron chi connectivity index (χ0n) is 15.8. The molecular weight excluding hydrogens is 368 g/mol. The lowest BCUT2D eigenvalue weighted by molar-refractivity contribution is -0.129. The summed E-state index contributed by atoms with van der Waals surface area (Å²) >= 11 is 7.89. The summed E-state index contributed by atoms with van der Waals surface area (Å²) in [5.74, 6) is 1.03. The largest absolute Gasteiger partial charge is 0.357 e. The van der Waals surface area contributed by atoms with Crippen LogP contribution in [0.15, 0.2) is 29.3 Å². The summed E-state index contributed by atoms with van der Waals surface area (Å²) in [4.78, 5) is 18.5. The van der Waals surface area contributed by atoms with Gasteiger partial charge in [0.1, 0.15) is 0 Å². The van der Waals surface area contributed by atoms with Gasteiger partial charge in [0, 0.05) is 42.4 Å². The van der Waals surface area contributed by atoms with E-state index in [4.69, 9.17) is 16.6 Å². The van der Waals surface area contributed by atoms with Crippen LogP contribution in [0.2, 0.25) is 5.02 Å². The van der Waals surface area contributed by atoms with Crippen LogP contribution >= 0.6 is 23.4 Å². The minimum atomic E-state index is 0.222. The van der Waals surface area contributed by atoms with Crippen molar-refractivity contribution in [1.29, 1.82) is 0 Å². The highest BCUT2D eigenvalue weighted by Crippen LogP contribution is 2.28. The number of benzene rings is 1. The molecule has 2 rings (SSSR count). The number of likely N-dealkylation sites (tertiary alicyclic amines) is 1. The Labute approximate surface area is 166 Å². The lowest BCUT2D eigenvalue weighted by atomic mass is 10.1. The fraction of sp³-hybridized carbons (Fsp3) is 0.579. The first-order valence-corrected chi connectivity index (χ1v) is 10.8. The molecule has 1 fully saturated rings. The summed E-state index contributed by atoms with van der Waals surface area (Å²) < 4.78 is 0. The van der Waals surface area contributed by atoms with Gasteiger partial charge < -0.3 is 15.5 Å². The van der Waals surface area contributed by atoms with E-state index in [9.17, 15) is 4.79 Å². The molecular formula is C19H29ClN4OS. The number of amides is 1. The van der Waals surface area contributed by atoms with Crippen molar-refractivity contribution in [1.82, 2.24) is 15.5 Å². The Bertz CT molecular complexity index is 625. The molecule has 1 amide bonds. The van der Waals surface area contributed by atoms with Gasteiger partial charge in [0.25, 0.3) is 0 Å². The number of nitrogens with zero attached hydrogens (tertiary/aromatic N) is 2. The van der Waals surface area contributed by atoms with Crippen molar-refractivity contribution in [2.45, 2.75) is 38.0 Å². The van der Waals surface area contributed by atoms with Crippen molar-refractivity contribution in [3.63, 3.8) is 0 Å². The second kappa shape index (κ2) is 10.7. The standard InChI is InChI=1S/C19H29ClN4OS/c1-4-18(25)24-10-9-16(13-24)23-19(21-5-2)22-12-17(26-3)14-7-6-8-15(20)11-14/h6-8,11,16-17H,4-5,9-10,12-13H2,1-3H3,(H2,21,22,23). The number of halogens is 1. The van der Waals surface area contributed by atoms with Crippen LogP contribution < -0.4 is 10.6 Å². The smallest absolute Gasteiger partial charge is 0.222 e. The molecule has 1 aliphatic rings. The minimum absolute atomic E-state index is 0.222. The van der Waals surface area contributed by atoms with Gasteiger partial charge in [-0.05, 0) is 37.3 Å². The molecule has 144 valence electrons. The van der Waals surface area contributed by atoms with E-state index in [1.807, 2.05) is 30.0 Å². The Morgan fingerprint density at radius 1 is 1.46 bits per heavy atom. The van der Waals surface area contributed by atoms with E-state index in [2.05, 4.69) is 29.9 Å². The van der Waals surface area contributed by atoms with Gasteiger partial charge in [-0.25, -0.2) is 0 Å². The number of thioether (sulfide) groups is 1. The van der Waals surface area contributed by atoms with Crippen LogP contribution in [0.1, 0.15) is 37.5 Å². The normalized spacial score (nSPS) is 18.7. The quantitative estimate of drug-likeness (QED) is 0.548. The summed E-state index contributed by atoms with van der Waals surface area (Å²) in [7, 11) is 0. The van der Waals surface area contributed by atoms with Gasteiger partial charge in [-0.1, -0.05) is 30.7 Å². The molecule has 1 heterocycles. The van der Waals surface area contributed by atoms with Crippen molar-refractivity contribution < 1.29 is 4.79 Å². The monoisotopic (exact) mass is 396 g/mol. The highest BCUT2D eigenvalue weighted by Gasteiger charge is 2.25. The second-order valence-corrected chi connectivity index (χ2v) is 7.80. The maximum absolute atomic E-state index is 11.8. The van der Waals surface area contributed by atoms with Crippen molar-refractivity contribution >= 4 is 35.2 Å². The SMILES string of the molecule is CCNC(=NCC(SC)c1cccc(Cl)c1)NC1CCN(C(=O)CC)C1. The third kappa shape index (κ3) is 6.09. The molecule has 0 aliphatic carbocycles. The Morgan fingerprint density at radius 2 is 2.27 bits per heavy atom. The number of aliphatic imine (C=N–C) groups is 1. The maximum atomic E-state index is 11.8. The Morgan fingerprint density at radius 3 is 2.92 bits per heavy atom. The molecule has 5 nitrogen and oxygen atoms in total. The predicted molar refractivity (Wildman–Crippen MR) is 112 cm³/mol. The Hall–Kier alpha value is -1.40. The van der Waals surface area contributed by atoms with Gasteiger partial charge in [0.15, 0.2) is 5.96 Å². The van der Waals surface area contributed by atoms with Crippen molar-refractivity contribution in [2.24, 2.45) is 4.99 Å². The number of hydrogen-bond donors (Lipinski definition) is 2. The first-order chi connectivity index (χ1) is 12.6. The Balaban J connectivity index is 1.98. The van der Waals surface area contributed by atoms with E-state index < -0.39 is 0 Å². The van der Waals surface area contributed by atoms with Crippen LogP contribution in [0.5, 0.6) is 0 Å². The average Bonchev–Trinajstić information content (AvgIpc) is 3.10. The third-order valence-corrected chi connectivity index (χ3v) is 5.67. The van der Waals surface area contributed by atoms with Crippen LogP contribution in [0.4, 0.5) is 0 Å². The van der Waals surface area contributed by atoms with Gasteiger partial charge in [0.2, 0.25) is 5.91 Å². The van der Waals surface area contributed by atoms with Gasteiger partial charge in [-0.3, -0.25) is 9.79 Å². The summed E-state index contributed by atoms with van der Waals surface area (Å²) in [6.45, 7) is 7.00. The molecule has 0 spiro atoms. The molecule has 1 aromatic carbocycles. The number of nitrogens with one attached hydrogen (secondary N) is 2. The maximum Gasteiger partial charge on any atom is 0.222 e. The molecule has 1 aromatic rings. The van der Waals surface area contributed by atoms with Gasteiger partial charge in [-0.2, -0.15) is 11.8 Å². The van der Waals surface area contributed by atoms with E-state index in [1.54, 1.807) is 11.8 Å². The van der Waals surface area contributed by atoms with Crippen molar-refractivity contribution in [3.8, 4) is 0 Å². The molecule has 0 saturated carbocycles. The fourth-order valence-electron chi connectivity index (χ4n) is 3.04. The number of carbonyl (C=O) groups excluding carboxylic acids is 1. The molecule has 2 unspecified atom stereocenters. The molecule has 26 heavy (non-hydrogen) atoms. The molecule has 2 N–H and O–H groups in total. The summed E-state index contributed by atoms with van der Waals surface area (Å²) in [5, 5.41) is 7.80. The first kappa shape index (κ1) is 20.9. The topological polar surface area (TPSA) is 56.7 Å². The highest BCUT2D eigenvalue weighted by molar-refractivity contribution is 7.98. The van der Waals surface area contributed by atoms with E-state index in [-0.39, 0.29) is 17.2 Å². The van der Waals surface area contributed by atoms with Crippen LogP contribution in [0.25, 0.3) is 0 Å². The average molecular weight is 397 g/mol. The minimum Gasteiger partial charge on any atom is -0.357 e. The lowest BCUT2D eigenvalue weighted by Gasteiger charge is -2.19. The van der Waals surface area contributed by atoms with E-state index in [0.717, 1.165) is 37.0 Å². The zero-order valence-corrected chi connectivity index (χ0v) is 17.4. The molecule has 1 saturated heterocycles. The van der Waals surface area contributed by atoms with Gasteiger partial charge >= 0.3 is 0 Å². The van der Waals surface area contributed by atoms with Crippen LogP contribution in [-0.2, 0) is 4.79 Å². The third-order valence-electron chi connectivity index (χ3n) is 4.45. The fourth-order valence-corrected chi connectivity index (χ4v) is 3.88. The van der Waals surface area contributed by atoms with Gasteiger partial charge in [-0.15, -0.1) is 0 Å². The molecule has 2 atom stereocenters. The number of hydrogen-bond acceptors (Lipinski definition) is 3. The van der Waals surface area contributed by atoms with Crippen molar-refractivity contribution in [2.75, 3.05) is 32.4 Å². The number of guanidine groups is 1. The molecule has 1 aliphatic heterocycles. The molecule has 7 heteroatoms. The zero-order chi connectivity index (χ0) is 18.9. The number of rotatable bonds is 7. The highest BCUT2D eigenvalue weighted by atomic mass is 35.5. The van der Waals surface area contributed by atoms with E-state index >= 15 is 0 Å². The molecule has 0 aromatic heterocycles. The Kier molecular flexibility index (Phi) is 8.59.